The fraction of sp³-hybridized carbons (Fsp3) is 0.462. The zero-order chi connectivity index (χ0) is 14.7. The number of nitrogens with zero attached hydrogens (tertiary/aromatic N) is 1. The van der Waals surface area contributed by atoms with Gasteiger partial charge in [-0.05, 0) is 31.5 Å². The molecule has 0 aromatic heterocycles. The molecule has 0 bridgehead atoms. The van der Waals surface area contributed by atoms with E-state index in [2.05, 4.69) is 17.6 Å². The first-order valence-electron chi connectivity index (χ1n) is 6.44. The van der Waals surface area contributed by atoms with E-state index in [1.54, 1.807) is 0 Å². The van der Waals surface area contributed by atoms with Crippen molar-refractivity contribution in [2.45, 2.75) is 19.4 Å². The number of piperidine rings is 1. The van der Waals surface area contributed by atoms with E-state index >= 15 is 0 Å². The fourth-order valence-electron chi connectivity index (χ4n) is 2.29. The van der Waals surface area contributed by atoms with Crippen LogP contribution in [0.2, 0.25) is 5.02 Å². The van der Waals surface area contributed by atoms with Gasteiger partial charge in [-0.15, -0.1) is 12.4 Å². The number of halogens is 2. The Morgan fingerprint density at radius 1 is 1.48 bits per heavy atom. The molecule has 2 rings (SSSR count). The second kappa shape index (κ2) is 7.59. The zero-order valence-electron chi connectivity index (χ0n) is 11.5. The third-order valence-corrected chi connectivity index (χ3v) is 3.68. The van der Waals surface area contributed by atoms with Gasteiger partial charge in [-0.2, -0.15) is 0 Å². The number of non-ortho nitro benzene ring substituents is 1. The number of rotatable bonds is 3. The van der Waals surface area contributed by atoms with Crippen LogP contribution in [-0.2, 0) is 0 Å². The summed E-state index contributed by atoms with van der Waals surface area (Å²) >= 11 is 5.82. The van der Waals surface area contributed by atoms with Crippen molar-refractivity contribution in [1.29, 1.82) is 0 Å². The van der Waals surface area contributed by atoms with Crippen molar-refractivity contribution < 1.29 is 9.72 Å². The Labute approximate surface area is 133 Å². The number of amides is 1. The van der Waals surface area contributed by atoms with Crippen molar-refractivity contribution in [2.75, 3.05) is 13.1 Å². The molecule has 1 aromatic carbocycles. The van der Waals surface area contributed by atoms with E-state index in [-0.39, 0.29) is 40.6 Å². The van der Waals surface area contributed by atoms with E-state index < -0.39 is 4.92 Å². The molecule has 1 amide bonds. The van der Waals surface area contributed by atoms with Crippen LogP contribution < -0.4 is 10.6 Å². The van der Waals surface area contributed by atoms with Crippen LogP contribution in [-0.4, -0.2) is 30.0 Å². The van der Waals surface area contributed by atoms with E-state index in [0.717, 1.165) is 19.5 Å². The molecule has 2 N–H and O–H groups in total. The van der Waals surface area contributed by atoms with Crippen LogP contribution in [0.4, 0.5) is 5.69 Å². The topological polar surface area (TPSA) is 84.3 Å². The van der Waals surface area contributed by atoms with Gasteiger partial charge in [-0.1, -0.05) is 18.5 Å². The minimum Gasteiger partial charge on any atom is -0.349 e. The summed E-state index contributed by atoms with van der Waals surface area (Å²) in [6, 6.07) is 3.98. The molecule has 0 aliphatic carbocycles. The average molecular weight is 334 g/mol. The van der Waals surface area contributed by atoms with Crippen molar-refractivity contribution >= 4 is 35.6 Å². The van der Waals surface area contributed by atoms with Gasteiger partial charge < -0.3 is 10.6 Å². The Balaban J connectivity index is 0.00000220. The molecule has 1 saturated heterocycles. The molecule has 0 spiro atoms. The van der Waals surface area contributed by atoms with Crippen molar-refractivity contribution in [3.63, 3.8) is 0 Å². The van der Waals surface area contributed by atoms with Crippen LogP contribution in [0.5, 0.6) is 0 Å². The van der Waals surface area contributed by atoms with Crippen LogP contribution in [0.1, 0.15) is 23.7 Å². The highest BCUT2D eigenvalue weighted by Gasteiger charge is 2.24. The van der Waals surface area contributed by atoms with Gasteiger partial charge >= 0.3 is 0 Å². The quantitative estimate of drug-likeness (QED) is 0.657. The highest BCUT2D eigenvalue weighted by molar-refractivity contribution is 6.31. The maximum Gasteiger partial charge on any atom is 0.271 e. The molecule has 1 aromatic rings. The minimum atomic E-state index is -0.560. The lowest BCUT2D eigenvalue weighted by atomic mass is 9.95. The maximum atomic E-state index is 12.2. The zero-order valence-corrected chi connectivity index (χ0v) is 13.0. The largest absolute Gasteiger partial charge is 0.349 e. The summed E-state index contributed by atoms with van der Waals surface area (Å²) in [5.41, 5.74) is 0.0379. The van der Waals surface area contributed by atoms with Crippen molar-refractivity contribution in [3.8, 4) is 0 Å². The molecule has 1 fully saturated rings. The predicted molar refractivity (Wildman–Crippen MR) is 83.3 cm³/mol. The molecule has 8 heteroatoms. The van der Waals surface area contributed by atoms with E-state index in [0.29, 0.717) is 5.92 Å². The summed E-state index contributed by atoms with van der Waals surface area (Å²) in [6.45, 7) is 3.75. The van der Waals surface area contributed by atoms with Crippen LogP contribution in [0, 0.1) is 16.0 Å². The molecule has 0 radical (unpaired) electrons. The molecule has 6 nitrogen and oxygen atoms in total. The molecule has 0 saturated carbocycles. The summed E-state index contributed by atoms with van der Waals surface area (Å²) < 4.78 is 0. The van der Waals surface area contributed by atoms with E-state index in [1.807, 2.05) is 0 Å². The summed E-state index contributed by atoms with van der Waals surface area (Å²) in [7, 11) is 0. The lowest BCUT2D eigenvalue weighted by Gasteiger charge is -2.30. The standard InChI is InChI=1S/C13H16ClN3O3.ClH/c1-8-7-15-3-2-12(8)16-13(18)9-4-10(14)6-11(5-9)17(19)20;/h4-6,8,12,15H,2-3,7H2,1H3,(H,16,18);1H. The second-order valence-electron chi connectivity index (χ2n) is 5.01. The summed E-state index contributed by atoms with van der Waals surface area (Å²) in [4.78, 5) is 22.4. The van der Waals surface area contributed by atoms with Crippen molar-refractivity contribution in [1.82, 2.24) is 10.6 Å². The van der Waals surface area contributed by atoms with Crippen LogP contribution in [0.3, 0.4) is 0 Å². The van der Waals surface area contributed by atoms with Gasteiger partial charge in [0.15, 0.2) is 0 Å². The molecule has 2 unspecified atom stereocenters. The number of nitro groups is 1. The highest BCUT2D eigenvalue weighted by Crippen LogP contribution is 2.21. The molecule has 1 aliphatic rings. The van der Waals surface area contributed by atoms with E-state index in [1.165, 1.54) is 18.2 Å². The average Bonchev–Trinajstić information content (AvgIpc) is 2.40. The van der Waals surface area contributed by atoms with Gasteiger partial charge in [0.1, 0.15) is 0 Å². The number of benzene rings is 1. The SMILES string of the molecule is CC1CNCCC1NC(=O)c1cc(Cl)cc([N+](=O)[O-])c1.Cl. The van der Waals surface area contributed by atoms with Gasteiger partial charge in [0, 0.05) is 28.8 Å². The highest BCUT2D eigenvalue weighted by atomic mass is 35.5. The Morgan fingerprint density at radius 2 is 2.19 bits per heavy atom. The Bertz CT molecular complexity index is 539. The smallest absolute Gasteiger partial charge is 0.271 e. The maximum absolute atomic E-state index is 12.2. The first-order valence-corrected chi connectivity index (χ1v) is 6.81. The Morgan fingerprint density at radius 3 is 2.81 bits per heavy atom. The molecule has 1 heterocycles. The first-order chi connectivity index (χ1) is 9.47. The van der Waals surface area contributed by atoms with Gasteiger partial charge in [-0.3, -0.25) is 14.9 Å². The van der Waals surface area contributed by atoms with Crippen LogP contribution in [0.25, 0.3) is 0 Å². The number of hydrogen-bond acceptors (Lipinski definition) is 4. The third kappa shape index (κ3) is 4.56. The lowest BCUT2D eigenvalue weighted by molar-refractivity contribution is -0.384. The predicted octanol–water partition coefficient (Wildman–Crippen LogP) is 2.40. The molecular formula is C13H17Cl2N3O3. The Kier molecular flexibility index (Phi) is 6.39. The molecule has 1 aliphatic heterocycles. The van der Waals surface area contributed by atoms with Crippen LogP contribution >= 0.6 is 24.0 Å². The van der Waals surface area contributed by atoms with E-state index in [9.17, 15) is 14.9 Å². The van der Waals surface area contributed by atoms with Gasteiger partial charge in [0.25, 0.3) is 11.6 Å². The van der Waals surface area contributed by atoms with Gasteiger partial charge in [-0.25, -0.2) is 0 Å². The summed E-state index contributed by atoms with van der Waals surface area (Å²) in [5.74, 6) is -0.00350. The second-order valence-corrected chi connectivity index (χ2v) is 5.44. The molecule has 116 valence electrons. The monoisotopic (exact) mass is 333 g/mol. The fourth-order valence-corrected chi connectivity index (χ4v) is 2.52. The number of carbonyl (C=O) groups is 1. The normalized spacial score (nSPS) is 21.2. The van der Waals surface area contributed by atoms with Crippen molar-refractivity contribution in [3.05, 3.63) is 38.9 Å². The van der Waals surface area contributed by atoms with Crippen LogP contribution in [0.15, 0.2) is 18.2 Å². The molecule has 2 atom stereocenters. The van der Waals surface area contributed by atoms with Gasteiger partial charge in [0.05, 0.1) is 4.92 Å². The number of hydrogen-bond donors (Lipinski definition) is 2. The summed E-state index contributed by atoms with van der Waals surface area (Å²) in [5, 5.41) is 17.1. The number of carbonyl (C=O) groups excluding carboxylic acids is 1. The minimum absolute atomic E-state index is 0. The molecule has 21 heavy (non-hydrogen) atoms. The van der Waals surface area contributed by atoms with Gasteiger partial charge in [0.2, 0.25) is 0 Å². The van der Waals surface area contributed by atoms with Crippen molar-refractivity contribution in [2.24, 2.45) is 5.92 Å². The number of nitrogens with one attached hydrogen (secondary N) is 2. The summed E-state index contributed by atoms with van der Waals surface area (Å²) in [6.07, 6.45) is 0.843. The van der Waals surface area contributed by atoms with E-state index in [4.69, 9.17) is 11.6 Å². The number of nitro benzene ring substituents is 1. The third-order valence-electron chi connectivity index (χ3n) is 3.46. The molecular weight excluding hydrogens is 317 g/mol. The lowest BCUT2D eigenvalue weighted by Crippen LogP contribution is -2.48. The first kappa shape index (κ1) is 17.7. The Hall–Kier alpha value is -1.37.